The highest BCUT2D eigenvalue weighted by Crippen LogP contribution is 2.29. The number of nitrogens with two attached hydrogens (primary N) is 2. The molecule has 0 aromatic rings. The van der Waals surface area contributed by atoms with Crippen molar-refractivity contribution in [3.8, 4) is 0 Å². The first-order valence-corrected chi connectivity index (χ1v) is 9.43. The van der Waals surface area contributed by atoms with Gasteiger partial charge in [-0.15, -0.1) is 0 Å². The van der Waals surface area contributed by atoms with Crippen LogP contribution in [0.25, 0.3) is 0 Å². The van der Waals surface area contributed by atoms with E-state index in [0.29, 0.717) is 19.1 Å². The van der Waals surface area contributed by atoms with Crippen LogP contribution >= 0.6 is 0 Å². The molecule has 1 fully saturated rings. The third-order valence-electron chi connectivity index (χ3n) is 5.07. The van der Waals surface area contributed by atoms with E-state index in [1.54, 1.807) is 6.08 Å². The molecule has 9 heteroatoms. The van der Waals surface area contributed by atoms with Crippen molar-refractivity contribution >= 4 is 17.8 Å². The van der Waals surface area contributed by atoms with Gasteiger partial charge >= 0.3 is 5.97 Å². The van der Waals surface area contributed by atoms with Gasteiger partial charge in [-0.2, -0.15) is 0 Å². The first-order valence-electron chi connectivity index (χ1n) is 9.43. The molecular weight excluding hydrogens is 350 g/mol. The van der Waals surface area contributed by atoms with Crippen molar-refractivity contribution in [3.63, 3.8) is 0 Å². The van der Waals surface area contributed by atoms with Crippen LogP contribution in [0, 0.1) is 5.92 Å². The standard InChI is InChI=1S/C18H31N5O4/c1-3-27-10-12-5-4-6-23(9-12)15-8-13(17(25)26)7-14(22-18(19)20)16(15)21-11(2)24/h8,12,14-16H,3-7,9-10H2,1-2H3,(H,21,24)(H,25,26)(H4,19,20,22)/t12-,14-,15+,16+/m0/s1. The zero-order valence-corrected chi connectivity index (χ0v) is 16.1. The van der Waals surface area contributed by atoms with E-state index >= 15 is 0 Å². The lowest BCUT2D eigenvalue weighted by atomic mass is 9.84. The Morgan fingerprint density at radius 2 is 2.19 bits per heavy atom. The van der Waals surface area contributed by atoms with Gasteiger partial charge in [0, 0.05) is 32.1 Å². The van der Waals surface area contributed by atoms with Crippen LogP contribution < -0.4 is 16.8 Å². The number of hydrogen-bond acceptors (Lipinski definition) is 5. The number of carboxylic acid groups (broad SMARTS) is 1. The van der Waals surface area contributed by atoms with E-state index < -0.39 is 18.1 Å². The summed E-state index contributed by atoms with van der Waals surface area (Å²) in [6.07, 6.45) is 3.97. The molecule has 6 N–H and O–H groups in total. The number of guanidine groups is 1. The van der Waals surface area contributed by atoms with Crippen molar-refractivity contribution in [2.75, 3.05) is 26.3 Å². The summed E-state index contributed by atoms with van der Waals surface area (Å²) in [5.41, 5.74) is 11.4. The van der Waals surface area contributed by atoms with Crippen LogP contribution in [-0.4, -0.2) is 72.3 Å². The van der Waals surface area contributed by atoms with Gasteiger partial charge in [-0.05, 0) is 32.2 Å². The molecule has 0 bridgehead atoms. The fourth-order valence-electron chi connectivity index (χ4n) is 3.97. The predicted molar refractivity (Wildman–Crippen MR) is 102 cm³/mol. The van der Waals surface area contributed by atoms with Crippen molar-refractivity contribution in [1.29, 1.82) is 0 Å². The summed E-state index contributed by atoms with van der Waals surface area (Å²) in [7, 11) is 0. The van der Waals surface area contributed by atoms with Gasteiger partial charge in [0.05, 0.1) is 24.7 Å². The number of rotatable bonds is 7. The van der Waals surface area contributed by atoms with Gasteiger partial charge in [0.1, 0.15) is 0 Å². The molecule has 2 rings (SSSR count). The number of nitrogens with zero attached hydrogens (tertiary/aromatic N) is 2. The fourth-order valence-corrected chi connectivity index (χ4v) is 3.97. The first kappa shape index (κ1) is 21.2. The molecule has 1 aliphatic carbocycles. The monoisotopic (exact) mass is 381 g/mol. The second-order valence-corrected chi connectivity index (χ2v) is 7.20. The van der Waals surface area contributed by atoms with Crippen LogP contribution in [0.2, 0.25) is 0 Å². The highest BCUT2D eigenvalue weighted by atomic mass is 16.5. The Labute approximate surface area is 159 Å². The van der Waals surface area contributed by atoms with Crippen molar-refractivity contribution in [1.82, 2.24) is 10.2 Å². The molecule has 1 heterocycles. The lowest BCUT2D eigenvalue weighted by Crippen LogP contribution is -2.59. The maximum absolute atomic E-state index is 11.8. The Balaban J connectivity index is 2.31. The normalized spacial score (nSPS) is 28.9. The van der Waals surface area contributed by atoms with Gasteiger partial charge in [-0.25, -0.2) is 9.79 Å². The number of ether oxygens (including phenoxy) is 1. The van der Waals surface area contributed by atoms with Crippen molar-refractivity contribution < 1.29 is 19.4 Å². The number of carboxylic acids is 1. The van der Waals surface area contributed by atoms with Gasteiger partial charge in [0.25, 0.3) is 0 Å². The molecule has 4 atom stereocenters. The van der Waals surface area contributed by atoms with Crippen LogP contribution in [0.3, 0.4) is 0 Å². The molecule has 1 aliphatic heterocycles. The number of amides is 1. The van der Waals surface area contributed by atoms with Crippen LogP contribution in [-0.2, 0) is 14.3 Å². The second-order valence-electron chi connectivity index (χ2n) is 7.20. The van der Waals surface area contributed by atoms with Crippen LogP contribution in [0.15, 0.2) is 16.6 Å². The summed E-state index contributed by atoms with van der Waals surface area (Å²) in [4.78, 5) is 29.9. The minimum absolute atomic E-state index is 0.117. The Morgan fingerprint density at radius 1 is 1.44 bits per heavy atom. The molecule has 2 aliphatic rings. The number of aliphatic imine (C=N–C) groups is 1. The third kappa shape index (κ3) is 5.93. The maximum atomic E-state index is 11.8. The van der Waals surface area contributed by atoms with Crippen molar-refractivity contribution in [3.05, 3.63) is 11.6 Å². The Bertz CT molecular complexity index is 603. The molecule has 0 aromatic carbocycles. The number of hydrogen-bond donors (Lipinski definition) is 4. The molecule has 0 saturated carbocycles. The SMILES string of the molecule is CCOC[C@H]1CCCN([C@@H]2C=C(C(=O)O)C[C@H](N=C(N)N)[C@H]2NC(C)=O)C1. The molecule has 27 heavy (non-hydrogen) atoms. The van der Waals surface area contributed by atoms with E-state index in [0.717, 1.165) is 25.9 Å². The topological polar surface area (TPSA) is 143 Å². The summed E-state index contributed by atoms with van der Waals surface area (Å²) in [5, 5.41) is 12.5. The molecular formula is C18H31N5O4. The van der Waals surface area contributed by atoms with E-state index in [1.807, 2.05) is 6.92 Å². The molecule has 9 nitrogen and oxygen atoms in total. The summed E-state index contributed by atoms with van der Waals surface area (Å²) in [6, 6.07) is -1.20. The van der Waals surface area contributed by atoms with Gasteiger partial charge in [-0.3, -0.25) is 9.69 Å². The van der Waals surface area contributed by atoms with Gasteiger partial charge in [-0.1, -0.05) is 6.08 Å². The number of piperidine rings is 1. The van der Waals surface area contributed by atoms with Crippen LogP contribution in [0.5, 0.6) is 0 Å². The van der Waals surface area contributed by atoms with Gasteiger partial charge in [0.15, 0.2) is 5.96 Å². The second kappa shape index (κ2) is 9.70. The highest BCUT2D eigenvalue weighted by molar-refractivity contribution is 5.87. The van der Waals surface area contributed by atoms with E-state index in [-0.39, 0.29) is 29.9 Å². The lowest BCUT2D eigenvalue weighted by molar-refractivity contribution is -0.133. The summed E-state index contributed by atoms with van der Waals surface area (Å²) < 4.78 is 5.57. The van der Waals surface area contributed by atoms with E-state index in [9.17, 15) is 14.7 Å². The largest absolute Gasteiger partial charge is 0.478 e. The fraction of sp³-hybridized carbons (Fsp3) is 0.722. The Morgan fingerprint density at radius 3 is 2.78 bits per heavy atom. The Hall–Kier alpha value is -2.13. The lowest BCUT2D eigenvalue weighted by Gasteiger charge is -2.44. The van der Waals surface area contributed by atoms with Crippen LogP contribution in [0.4, 0.5) is 0 Å². The minimum atomic E-state index is -0.986. The maximum Gasteiger partial charge on any atom is 0.331 e. The smallest absolute Gasteiger partial charge is 0.331 e. The molecule has 1 amide bonds. The zero-order chi connectivity index (χ0) is 20.0. The van der Waals surface area contributed by atoms with Crippen molar-refractivity contribution in [2.45, 2.75) is 51.2 Å². The summed E-state index contributed by atoms with van der Waals surface area (Å²) in [6.45, 7) is 6.35. The van der Waals surface area contributed by atoms with Crippen LogP contribution in [0.1, 0.15) is 33.1 Å². The summed E-state index contributed by atoms with van der Waals surface area (Å²) >= 11 is 0. The molecule has 0 spiro atoms. The molecule has 0 radical (unpaired) electrons. The van der Waals surface area contributed by atoms with Crippen molar-refractivity contribution in [2.24, 2.45) is 22.4 Å². The summed E-state index contributed by atoms with van der Waals surface area (Å²) in [5.74, 6) is -0.925. The molecule has 1 saturated heterocycles. The number of likely N-dealkylation sites (tertiary alicyclic amines) is 1. The number of carbonyl (C=O) groups is 2. The average Bonchev–Trinajstić information content (AvgIpc) is 2.60. The van der Waals surface area contributed by atoms with E-state index in [2.05, 4.69) is 15.2 Å². The molecule has 0 aromatic heterocycles. The van der Waals surface area contributed by atoms with Gasteiger partial charge < -0.3 is 26.6 Å². The predicted octanol–water partition coefficient (Wildman–Crippen LogP) is -0.335. The highest BCUT2D eigenvalue weighted by Gasteiger charge is 2.40. The quantitative estimate of drug-likeness (QED) is 0.349. The third-order valence-corrected chi connectivity index (χ3v) is 5.07. The number of nitrogens with one attached hydrogen (secondary N) is 1. The minimum Gasteiger partial charge on any atom is -0.478 e. The molecule has 152 valence electrons. The number of carbonyl (C=O) groups excluding carboxylic acids is 1. The van der Waals surface area contributed by atoms with E-state index in [4.69, 9.17) is 16.2 Å². The zero-order valence-electron chi connectivity index (χ0n) is 16.1. The average molecular weight is 381 g/mol. The van der Waals surface area contributed by atoms with Gasteiger partial charge in [0.2, 0.25) is 5.91 Å². The molecule has 0 unspecified atom stereocenters. The van der Waals surface area contributed by atoms with E-state index in [1.165, 1.54) is 6.92 Å². The first-order chi connectivity index (χ1) is 12.8. The Kier molecular flexibility index (Phi) is 7.61. The number of aliphatic carboxylic acids is 1.